The van der Waals surface area contributed by atoms with E-state index in [0.717, 1.165) is 32.5 Å². The summed E-state index contributed by atoms with van der Waals surface area (Å²) in [5.41, 5.74) is 1.10. The Morgan fingerprint density at radius 2 is 1.48 bits per heavy atom. The van der Waals surface area contributed by atoms with Crippen molar-refractivity contribution in [2.45, 2.75) is 12.3 Å². The predicted octanol–water partition coefficient (Wildman–Crippen LogP) is 6.17. The highest BCUT2D eigenvalue weighted by atomic mass is 16.3. The predicted molar refractivity (Wildman–Crippen MR) is 116 cm³/mol. The van der Waals surface area contributed by atoms with E-state index in [2.05, 4.69) is 36.4 Å². The molecule has 0 aliphatic carbocycles. The van der Waals surface area contributed by atoms with Crippen molar-refractivity contribution < 1.29 is 9.90 Å². The lowest BCUT2D eigenvalue weighted by molar-refractivity contribution is 0.0976. The maximum absolute atomic E-state index is 12.8. The summed E-state index contributed by atoms with van der Waals surface area (Å²) in [5, 5.41) is 26.6. The van der Waals surface area contributed by atoms with Gasteiger partial charge in [0.25, 0.3) is 0 Å². The maximum atomic E-state index is 12.8. The Kier molecular flexibility index (Phi) is 3.93. The maximum Gasteiger partial charge on any atom is 0.168 e. The summed E-state index contributed by atoms with van der Waals surface area (Å²) < 4.78 is 0. The molecule has 0 heterocycles. The minimum atomic E-state index is -0.591. The third kappa shape index (κ3) is 2.69. The number of nitrogens with zero attached hydrogens (tertiary/aromatic N) is 1. The number of hydrogen-bond donors (Lipinski definition) is 1. The normalized spacial score (nSPS) is 12.4. The zero-order valence-corrected chi connectivity index (χ0v) is 15.6. The fourth-order valence-corrected chi connectivity index (χ4v) is 4.29. The summed E-state index contributed by atoms with van der Waals surface area (Å²) in [4.78, 5) is 12.8. The minimum absolute atomic E-state index is 0.0258. The van der Waals surface area contributed by atoms with Crippen molar-refractivity contribution in [3.8, 4) is 11.8 Å². The van der Waals surface area contributed by atoms with Crippen LogP contribution in [-0.2, 0) is 0 Å². The molecule has 0 bridgehead atoms. The van der Waals surface area contributed by atoms with Gasteiger partial charge in [-0.05, 0) is 50.0 Å². The first-order valence-electron chi connectivity index (χ1n) is 9.54. The number of aromatic hydroxyl groups is 1. The zero-order chi connectivity index (χ0) is 20.0. The molecule has 5 rings (SSSR count). The van der Waals surface area contributed by atoms with E-state index in [-0.39, 0.29) is 23.5 Å². The molecule has 1 N–H and O–H groups in total. The summed E-state index contributed by atoms with van der Waals surface area (Å²) in [6, 6.07) is 27.3. The van der Waals surface area contributed by atoms with Crippen molar-refractivity contribution >= 4 is 38.1 Å². The molecular formula is C26H17NO2. The quantitative estimate of drug-likeness (QED) is 0.302. The molecule has 0 aromatic heterocycles. The van der Waals surface area contributed by atoms with Gasteiger partial charge in [-0.25, -0.2) is 0 Å². The molecule has 0 radical (unpaired) electrons. The molecule has 0 saturated carbocycles. The van der Waals surface area contributed by atoms with Gasteiger partial charge < -0.3 is 5.11 Å². The van der Waals surface area contributed by atoms with Crippen LogP contribution in [0.4, 0.5) is 0 Å². The lowest BCUT2D eigenvalue weighted by atomic mass is 9.85. The van der Waals surface area contributed by atoms with Gasteiger partial charge in [-0.2, -0.15) is 5.26 Å². The molecule has 3 nitrogen and oxygen atoms in total. The van der Waals surface area contributed by atoms with Crippen molar-refractivity contribution in [3.63, 3.8) is 0 Å². The van der Waals surface area contributed by atoms with Crippen molar-refractivity contribution in [3.05, 3.63) is 90.0 Å². The highest BCUT2D eigenvalue weighted by Gasteiger charge is 2.22. The largest absolute Gasteiger partial charge is 0.507 e. The van der Waals surface area contributed by atoms with Crippen LogP contribution in [0.2, 0.25) is 0 Å². The topological polar surface area (TPSA) is 61.1 Å². The first kappa shape index (κ1) is 17.2. The van der Waals surface area contributed by atoms with Crippen LogP contribution in [0.5, 0.6) is 5.75 Å². The summed E-state index contributed by atoms with van der Waals surface area (Å²) in [7, 11) is 0. The fraction of sp³-hybridized carbons (Fsp3) is 0.0769. The molecule has 29 heavy (non-hydrogen) atoms. The van der Waals surface area contributed by atoms with E-state index in [1.54, 1.807) is 18.2 Å². The van der Waals surface area contributed by atoms with Gasteiger partial charge in [0.2, 0.25) is 0 Å². The fourth-order valence-electron chi connectivity index (χ4n) is 4.29. The van der Waals surface area contributed by atoms with E-state index in [4.69, 9.17) is 0 Å². The number of para-hydroxylation sites is 1. The average molecular weight is 375 g/mol. The number of rotatable bonds is 4. The Morgan fingerprint density at radius 1 is 0.828 bits per heavy atom. The second kappa shape index (κ2) is 6.61. The van der Waals surface area contributed by atoms with Crippen LogP contribution in [0.25, 0.3) is 32.3 Å². The van der Waals surface area contributed by atoms with E-state index in [1.807, 2.05) is 24.3 Å². The van der Waals surface area contributed by atoms with E-state index in [0.29, 0.717) is 0 Å². The molecule has 0 aliphatic heterocycles. The van der Waals surface area contributed by atoms with Crippen LogP contribution in [0, 0.1) is 11.3 Å². The Hall–Kier alpha value is -3.90. The molecule has 1 unspecified atom stereocenters. The van der Waals surface area contributed by atoms with E-state index < -0.39 is 5.92 Å². The number of phenols is 1. The molecular weight excluding hydrogens is 358 g/mol. The highest BCUT2D eigenvalue weighted by Crippen LogP contribution is 2.38. The van der Waals surface area contributed by atoms with Crippen LogP contribution in [-0.4, -0.2) is 10.9 Å². The van der Waals surface area contributed by atoms with Gasteiger partial charge in [0, 0.05) is 6.42 Å². The Morgan fingerprint density at radius 3 is 2.21 bits per heavy atom. The number of nitriles is 1. The van der Waals surface area contributed by atoms with Gasteiger partial charge in [-0.3, -0.25) is 4.79 Å². The van der Waals surface area contributed by atoms with Crippen LogP contribution in [0.3, 0.4) is 0 Å². The van der Waals surface area contributed by atoms with Gasteiger partial charge in [0.15, 0.2) is 5.78 Å². The Labute approximate surface area is 167 Å². The minimum Gasteiger partial charge on any atom is -0.507 e. The molecule has 0 aliphatic rings. The lowest BCUT2D eigenvalue weighted by Crippen LogP contribution is -2.07. The monoisotopic (exact) mass is 375 g/mol. The standard InChI is InChI=1S/C26H17NO2/c27-15-19(14-24(29)22-6-1-2-7-23(22)28)20-12-10-18-9-8-16-4-3-5-17-11-13-21(20)26(18)25(16)17/h1-13,19,28H,14H2. The second-order valence-electron chi connectivity index (χ2n) is 7.34. The van der Waals surface area contributed by atoms with Crippen molar-refractivity contribution in [2.24, 2.45) is 0 Å². The van der Waals surface area contributed by atoms with Crippen LogP contribution in [0.15, 0.2) is 78.9 Å². The summed E-state index contributed by atoms with van der Waals surface area (Å²) in [6.45, 7) is 0. The van der Waals surface area contributed by atoms with Crippen molar-refractivity contribution in [1.29, 1.82) is 5.26 Å². The SMILES string of the molecule is N#CC(CC(=O)c1ccccc1O)c1ccc2ccc3cccc4ccc1c2c34. The number of ketones is 1. The Balaban J connectivity index is 1.66. The molecule has 3 heteroatoms. The van der Waals surface area contributed by atoms with E-state index in [9.17, 15) is 15.2 Å². The first-order valence-corrected chi connectivity index (χ1v) is 9.54. The summed E-state index contributed by atoms with van der Waals surface area (Å²) >= 11 is 0. The number of carbonyl (C=O) groups excluding carboxylic acids is 1. The molecule has 5 aromatic carbocycles. The Bertz CT molecular complexity index is 1410. The van der Waals surface area contributed by atoms with Crippen molar-refractivity contribution in [2.75, 3.05) is 0 Å². The van der Waals surface area contributed by atoms with Gasteiger partial charge in [-0.15, -0.1) is 0 Å². The number of phenolic OH excluding ortho intramolecular Hbond substituents is 1. The number of hydrogen-bond acceptors (Lipinski definition) is 3. The first-order chi connectivity index (χ1) is 14.2. The van der Waals surface area contributed by atoms with Gasteiger partial charge in [0.05, 0.1) is 17.6 Å². The third-order valence-electron chi connectivity index (χ3n) is 5.69. The van der Waals surface area contributed by atoms with Crippen LogP contribution >= 0.6 is 0 Å². The second-order valence-corrected chi connectivity index (χ2v) is 7.34. The van der Waals surface area contributed by atoms with E-state index >= 15 is 0 Å². The number of Topliss-reactive ketones (excluding diaryl/α,β-unsaturated/α-hetero) is 1. The smallest absolute Gasteiger partial charge is 0.168 e. The van der Waals surface area contributed by atoms with Crippen LogP contribution < -0.4 is 0 Å². The van der Waals surface area contributed by atoms with Gasteiger partial charge in [0.1, 0.15) is 5.75 Å². The van der Waals surface area contributed by atoms with Crippen molar-refractivity contribution in [1.82, 2.24) is 0 Å². The molecule has 0 saturated heterocycles. The molecule has 0 amide bonds. The van der Waals surface area contributed by atoms with E-state index in [1.165, 1.54) is 11.5 Å². The molecule has 1 atom stereocenters. The molecule has 138 valence electrons. The molecule has 0 spiro atoms. The van der Waals surface area contributed by atoms with Crippen LogP contribution in [0.1, 0.15) is 28.3 Å². The number of benzene rings is 5. The number of carbonyl (C=O) groups is 1. The van der Waals surface area contributed by atoms with Gasteiger partial charge >= 0.3 is 0 Å². The third-order valence-corrected chi connectivity index (χ3v) is 5.69. The lowest BCUT2D eigenvalue weighted by Gasteiger charge is -2.16. The zero-order valence-electron chi connectivity index (χ0n) is 15.6. The highest BCUT2D eigenvalue weighted by molar-refractivity contribution is 6.23. The molecule has 0 fully saturated rings. The summed E-state index contributed by atoms with van der Waals surface area (Å²) in [6.07, 6.45) is 0.0258. The average Bonchev–Trinajstić information content (AvgIpc) is 2.76. The molecule has 5 aromatic rings. The summed E-state index contributed by atoms with van der Waals surface area (Å²) in [5.74, 6) is -0.878. The van der Waals surface area contributed by atoms with Gasteiger partial charge in [-0.1, -0.05) is 66.7 Å².